The fourth-order valence-electron chi connectivity index (χ4n) is 2.67. The number of nitrogens with two attached hydrogens (primary N) is 2. The van der Waals surface area contributed by atoms with Gasteiger partial charge in [-0.2, -0.15) is 0 Å². The molecule has 29 heavy (non-hydrogen) atoms. The zero-order chi connectivity index (χ0) is 21.8. The van der Waals surface area contributed by atoms with Crippen LogP contribution >= 0.6 is 0 Å². The lowest BCUT2D eigenvalue weighted by molar-refractivity contribution is -0.142. The van der Waals surface area contributed by atoms with Gasteiger partial charge < -0.3 is 42.9 Å². The summed E-state index contributed by atoms with van der Waals surface area (Å²) in [5.41, 5.74) is 10.4. The van der Waals surface area contributed by atoms with Gasteiger partial charge in [-0.1, -0.05) is 0 Å². The molecule has 0 saturated carbocycles. The molecular weight excluding hydrogens is 386 g/mol. The quantitative estimate of drug-likeness (QED) is 0.0881. The van der Waals surface area contributed by atoms with E-state index >= 15 is 0 Å². The lowest BCUT2D eigenvalue weighted by atomic mass is 10.1. The SMILES string of the molecule is NC(N)=NCCCC(NC(=O)C(CO)NC(=O)CNC(=O)C1CCCN1)C(=O)O. The van der Waals surface area contributed by atoms with Crippen molar-refractivity contribution in [3.8, 4) is 0 Å². The van der Waals surface area contributed by atoms with Gasteiger partial charge in [0.25, 0.3) is 0 Å². The number of aliphatic carboxylic acids is 1. The Morgan fingerprint density at radius 2 is 1.90 bits per heavy atom. The van der Waals surface area contributed by atoms with Crippen LogP contribution in [0.15, 0.2) is 4.99 Å². The van der Waals surface area contributed by atoms with Crippen LogP contribution in [-0.2, 0) is 19.2 Å². The summed E-state index contributed by atoms with van der Waals surface area (Å²) in [4.78, 5) is 51.0. The number of nitrogens with one attached hydrogen (secondary N) is 4. The highest BCUT2D eigenvalue weighted by atomic mass is 16.4. The molecule has 13 heteroatoms. The van der Waals surface area contributed by atoms with Crippen molar-refractivity contribution >= 4 is 29.7 Å². The van der Waals surface area contributed by atoms with Crippen LogP contribution in [0.25, 0.3) is 0 Å². The molecule has 1 rings (SSSR count). The molecule has 0 spiro atoms. The molecule has 0 radical (unpaired) electrons. The number of hydrogen-bond acceptors (Lipinski definition) is 7. The number of amides is 3. The van der Waals surface area contributed by atoms with Gasteiger partial charge in [0.05, 0.1) is 19.2 Å². The van der Waals surface area contributed by atoms with Gasteiger partial charge in [0, 0.05) is 6.54 Å². The third kappa shape index (κ3) is 9.21. The van der Waals surface area contributed by atoms with Gasteiger partial charge in [0.15, 0.2) is 5.96 Å². The van der Waals surface area contributed by atoms with E-state index in [1.165, 1.54) is 0 Å². The molecule has 0 bridgehead atoms. The van der Waals surface area contributed by atoms with Crippen LogP contribution in [0.1, 0.15) is 25.7 Å². The molecule has 1 aliphatic heterocycles. The van der Waals surface area contributed by atoms with Crippen molar-refractivity contribution in [3.63, 3.8) is 0 Å². The lowest BCUT2D eigenvalue weighted by Crippen LogP contribution is -2.55. The Morgan fingerprint density at radius 1 is 1.17 bits per heavy atom. The summed E-state index contributed by atoms with van der Waals surface area (Å²) in [6.45, 7) is -0.191. The number of hydrogen-bond donors (Lipinski definition) is 8. The van der Waals surface area contributed by atoms with Crippen LogP contribution in [0.3, 0.4) is 0 Å². The summed E-state index contributed by atoms with van der Waals surface area (Å²) in [5.74, 6) is -3.28. The molecule has 1 fully saturated rings. The minimum absolute atomic E-state index is 0.0500. The molecule has 3 unspecified atom stereocenters. The van der Waals surface area contributed by atoms with E-state index in [9.17, 15) is 29.4 Å². The summed E-state index contributed by atoms with van der Waals surface area (Å²) in [7, 11) is 0. The normalized spacial score (nSPS) is 17.6. The number of aliphatic hydroxyl groups excluding tert-OH is 1. The highest BCUT2D eigenvalue weighted by molar-refractivity contribution is 5.92. The molecule has 13 nitrogen and oxygen atoms in total. The zero-order valence-corrected chi connectivity index (χ0v) is 16.0. The van der Waals surface area contributed by atoms with E-state index in [0.717, 1.165) is 13.0 Å². The maximum Gasteiger partial charge on any atom is 0.326 e. The van der Waals surface area contributed by atoms with E-state index in [1.807, 2.05) is 0 Å². The number of guanidine groups is 1. The van der Waals surface area contributed by atoms with Crippen LogP contribution < -0.4 is 32.7 Å². The van der Waals surface area contributed by atoms with Crippen molar-refractivity contribution in [1.82, 2.24) is 21.3 Å². The van der Waals surface area contributed by atoms with Crippen LogP contribution in [0.5, 0.6) is 0 Å². The van der Waals surface area contributed by atoms with Gasteiger partial charge in [0.1, 0.15) is 12.1 Å². The second kappa shape index (κ2) is 12.5. The lowest BCUT2D eigenvalue weighted by Gasteiger charge is -2.20. The molecule has 1 saturated heterocycles. The summed E-state index contributed by atoms with van der Waals surface area (Å²) in [6, 6.07) is -2.95. The standard InChI is InChI=1S/C16H29N7O6/c17-16(18)20-6-2-4-10(15(28)29)23-14(27)11(8-24)22-12(25)7-21-13(26)9-3-1-5-19-9/h9-11,19,24H,1-8H2,(H,21,26)(H,22,25)(H,23,27)(H,28,29)(H4,17,18,20). The second-order valence-corrected chi connectivity index (χ2v) is 6.52. The molecule has 3 atom stereocenters. The number of carbonyl (C=O) groups excluding carboxylic acids is 3. The van der Waals surface area contributed by atoms with Crippen molar-refractivity contribution in [1.29, 1.82) is 0 Å². The summed E-state index contributed by atoms with van der Waals surface area (Å²) in [6.07, 6.45) is 1.89. The Balaban J connectivity index is 2.46. The highest BCUT2D eigenvalue weighted by Crippen LogP contribution is 2.04. The van der Waals surface area contributed by atoms with Crippen molar-refractivity contribution in [2.45, 2.75) is 43.8 Å². The number of aliphatic hydroxyl groups is 1. The topological polar surface area (TPSA) is 221 Å². The number of carboxylic acids is 1. The van der Waals surface area contributed by atoms with E-state index in [-0.39, 0.29) is 37.4 Å². The van der Waals surface area contributed by atoms with Gasteiger partial charge in [-0.05, 0) is 32.2 Å². The fraction of sp³-hybridized carbons (Fsp3) is 0.688. The molecule has 1 aliphatic rings. The molecule has 0 aromatic carbocycles. The van der Waals surface area contributed by atoms with Gasteiger partial charge >= 0.3 is 5.97 Å². The maximum absolute atomic E-state index is 12.2. The molecule has 3 amide bonds. The van der Waals surface area contributed by atoms with E-state index in [2.05, 4.69) is 26.3 Å². The van der Waals surface area contributed by atoms with Crippen LogP contribution in [-0.4, -0.2) is 84.2 Å². The second-order valence-electron chi connectivity index (χ2n) is 6.52. The monoisotopic (exact) mass is 415 g/mol. The van der Waals surface area contributed by atoms with Crippen molar-refractivity contribution < 1.29 is 29.4 Å². The van der Waals surface area contributed by atoms with Gasteiger partial charge in [-0.15, -0.1) is 0 Å². The van der Waals surface area contributed by atoms with Gasteiger partial charge in [-0.3, -0.25) is 19.4 Å². The summed E-state index contributed by atoms with van der Waals surface area (Å²) < 4.78 is 0. The fourth-order valence-corrected chi connectivity index (χ4v) is 2.67. The van der Waals surface area contributed by atoms with E-state index < -0.39 is 36.5 Å². The number of aliphatic imine (C=N–C) groups is 1. The third-order valence-electron chi connectivity index (χ3n) is 4.19. The van der Waals surface area contributed by atoms with Crippen LogP contribution in [0.2, 0.25) is 0 Å². The maximum atomic E-state index is 12.2. The van der Waals surface area contributed by atoms with Crippen LogP contribution in [0, 0.1) is 0 Å². The Labute approximate surface area is 167 Å². The van der Waals surface area contributed by atoms with Crippen LogP contribution in [0.4, 0.5) is 0 Å². The predicted molar refractivity (Wildman–Crippen MR) is 103 cm³/mol. The Kier molecular flexibility index (Phi) is 10.4. The summed E-state index contributed by atoms with van der Waals surface area (Å²) >= 11 is 0. The molecule has 0 aromatic heterocycles. The number of rotatable bonds is 12. The van der Waals surface area contributed by atoms with E-state index in [4.69, 9.17) is 11.5 Å². The minimum Gasteiger partial charge on any atom is -0.480 e. The van der Waals surface area contributed by atoms with E-state index in [0.29, 0.717) is 12.8 Å². The average molecular weight is 415 g/mol. The Morgan fingerprint density at radius 3 is 2.45 bits per heavy atom. The Bertz CT molecular complexity index is 617. The summed E-state index contributed by atoms with van der Waals surface area (Å²) in [5, 5.41) is 28.5. The first-order valence-corrected chi connectivity index (χ1v) is 9.24. The number of carbonyl (C=O) groups is 4. The van der Waals surface area contributed by atoms with Crippen molar-refractivity contribution in [3.05, 3.63) is 0 Å². The number of nitrogens with zero attached hydrogens (tertiary/aromatic N) is 1. The molecule has 1 heterocycles. The third-order valence-corrected chi connectivity index (χ3v) is 4.19. The molecule has 10 N–H and O–H groups in total. The van der Waals surface area contributed by atoms with Crippen molar-refractivity contribution in [2.75, 3.05) is 26.2 Å². The van der Waals surface area contributed by atoms with Gasteiger partial charge in [-0.25, -0.2) is 4.79 Å². The minimum atomic E-state index is -1.36. The molecule has 164 valence electrons. The number of carboxylic acid groups (broad SMARTS) is 1. The first kappa shape index (κ1) is 24.1. The largest absolute Gasteiger partial charge is 0.480 e. The molecule has 0 aliphatic carbocycles. The molecule has 0 aromatic rings. The van der Waals surface area contributed by atoms with Gasteiger partial charge in [0.2, 0.25) is 17.7 Å². The highest BCUT2D eigenvalue weighted by Gasteiger charge is 2.27. The smallest absolute Gasteiger partial charge is 0.326 e. The molecular formula is C16H29N7O6. The van der Waals surface area contributed by atoms with E-state index in [1.54, 1.807) is 0 Å². The Hall–Kier alpha value is -2.93. The average Bonchev–Trinajstić information content (AvgIpc) is 3.20. The zero-order valence-electron chi connectivity index (χ0n) is 16.0. The van der Waals surface area contributed by atoms with Crippen molar-refractivity contribution in [2.24, 2.45) is 16.5 Å². The predicted octanol–water partition coefficient (Wildman–Crippen LogP) is -4.05. The first-order chi connectivity index (χ1) is 13.7. The first-order valence-electron chi connectivity index (χ1n) is 9.24.